The molecule has 2 aromatic carbocycles. The first-order valence-corrected chi connectivity index (χ1v) is 9.30. The van der Waals surface area contributed by atoms with Crippen LogP contribution in [-0.2, 0) is 12.8 Å². The SMILES string of the molecule is Cn1nnc(CSc2ccc(Br)cc2)c1-c1ccc(Cl)c(Cl)c1. The van der Waals surface area contributed by atoms with Gasteiger partial charge in [-0.2, -0.15) is 0 Å². The van der Waals surface area contributed by atoms with E-state index in [1.54, 1.807) is 22.5 Å². The number of hydrogen-bond acceptors (Lipinski definition) is 3. The normalized spacial score (nSPS) is 11.0. The Morgan fingerprint density at radius 2 is 1.83 bits per heavy atom. The Labute approximate surface area is 157 Å². The number of thioether (sulfide) groups is 1. The molecule has 118 valence electrons. The summed E-state index contributed by atoms with van der Waals surface area (Å²) in [6.45, 7) is 0. The largest absolute Gasteiger partial charge is 0.247 e. The van der Waals surface area contributed by atoms with E-state index in [9.17, 15) is 0 Å². The highest BCUT2D eigenvalue weighted by atomic mass is 79.9. The zero-order chi connectivity index (χ0) is 16.4. The van der Waals surface area contributed by atoms with E-state index in [4.69, 9.17) is 23.2 Å². The Bertz CT molecular complexity index is 834. The molecule has 0 aliphatic rings. The van der Waals surface area contributed by atoms with E-state index in [1.165, 1.54) is 4.90 Å². The van der Waals surface area contributed by atoms with Crippen molar-refractivity contribution in [2.24, 2.45) is 7.05 Å². The van der Waals surface area contributed by atoms with Gasteiger partial charge in [0, 0.05) is 27.7 Å². The molecule has 0 unspecified atom stereocenters. The Morgan fingerprint density at radius 1 is 1.09 bits per heavy atom. The molecule has 0 bridgehead atoms. The quantitative estimate of drug-likeness (QED) is 0.488. The lowest BCUT2D eigenvalue weighted by molar-refractivity contribution is 0.719. The number of hydrogen-bond donors (Lipinski definition) is 0. The van der Waals surface area contributed by atoms with E-state index in [0.717, 1.165) is 27.2 Å². The van der Waals surface area contributed by atoms with Crippen LogP contribution in [0.1, 0.15) is 5.69 Å². The summed E-state index contributed by atoms with van der Waals surface area (Å²) in [5, 5.41) is 9.49. The summed E-state index contributed by atoms with van der Waals surface area (Å²) in [5.74, 6) is 0.727. The van der Waals surface area contributed by atoms with Crippen molar-refractivity contribution in [3.63, 3.8) is 0 Å². The molecule has 0 saturated carbocycles. The maximum atomic E-state index is 6.13. The topological polar surface area (TPSA) is 30.7 Å². The van der Waals surface area contributed by atoms with Gasteiger partial charge in [0.15, 0.2) is 0 Å². The van der Waals surface area contributed by atoms with Crippen molar-refractivity contribution in [3.8, 4) is 11.3 Å². The molecular weight excluding hydrogens is 417 g/mol. The maximum Gasteiger partial charge on any atom is 0.101 e. The molecule has 0 fully saturated rings. The summed E-state index contributed by atoms with van der Waals surface area (Å²) in [6.07, 6.45) is 0. The second kappa shape index (κ2) is 7.26. The average Bonchev–Trinajstić information content (AvgIpc) is 2.90. The number of aromatic nitrogens is 3. The third-order valence-corrected chi connectivity index (χ3v) is 5.57. The molecule has 3 nitrogen and oxygen atoms in total. The minimum absolute atomic E-state index is 0.525. The van der Waals surface area contributed by atoms with Crippen LogP contribution in [0.25, 0.3) is 11.3 Å². The second-order valence-corrected chi connectivity index (χ2v) is 7.66. The molecule has 0 atom stereocenters. The van der Waals surface area contributed by atoms with Crippen LogP contribution < -0.4 is 0 Å². The number of rotatable bonds is 4. The summed E-state index contributed by atoms with van der Waals surface area (Å²) >= 11 is 17.3. The van der Waals surface area contributed by atoms with Crippen LogP contribution in [0, 0.1) is 0 Å². The van der Waals surface area contributed by atoms with Gasteiger partial charge in [-0.25, -0.2) is 4.68 Å². The smallest absolute Gasteiger partial charge is 0.101 e. The monoisotopic (exact) mass is 427 g/mol. The van der Waals surface area contributed by atoms with Gasteiger partial charge in [-0.15, -0.1) is 16.9 Å². The van der Waals surface area contributed by atoms with Crippen LogP contribution in [0.15, 0.2) is 51.8 Å². The zero-order valence-electron chi connectivity index (χ0n) is 12.1. The average molecular weight is 429 g/mol. The van der Waals surface area contributed by atoms with Gasteiger partial charge in [-0.1, -0.05) is 50.4 Å². The molecule has 0 radical (unpaired) electrons. The molecule has 7 heteroatoms. The molecular formula is C16H12BrCl2N3S. The van der Waals surface area contributed by atoms with E-state index in [1.807, 2.05) is 31.3 Å². The van der Waals surface area contributed by atoms with Crippen LogP contribution in [0.5, 0.6) is 0 Å². The summed E-state index contributed by atoms with van der Waals surface area (Å²) in [7, 11) is 1.87. The van der Waals surface area contributed by atoms with E-state index in [0.29, 0.717) is 10.0 Å². The second-order valence-electron chi connectivity index (χ2n) is 4.88. The summed E-state index contributed by atoms with van der Waals surface area (Å²) in [6, 6.07) is 13.8. The van der Waals surface area contributed by atoms with Gasteiger partial charge in [0.05, 0.1) is 15.7 Å². The predicted octanol–water partition coefficient (Wildman–Crippen LogP) is 5.84. The summed E-state index contributed by atoms with van der Waals surface area (Å²) in [4.78, 5) is 1.18. The Morgan fingerprint density at radius 3 is 2.52 bits per heavy atom. The first kappa shape index (κ1) is 16.8. The van der Waals surface area contributed by atoms with Gasteiger partial charge in [-0.05, 0) is 36.4 Å². The zero-order valence-corrected chi connectivity index (χ0v) is 16.0. The number of halogens is 3. The molecule has 23 heavy (non-hydrogen) atoms. The van der Waals surface area contributed by atoms with Crippen LogP contribution >= 0.6 is 50.9 Å². The molecule has 1 heterocycles. The van der Waals surface area contributed by atoms with E-state index in [2.05, 4.69) is 38.4 Å². The highest BCUT2D eigenvalue weighted by molar-refractivity contribution is 9.10. The molecule has 3 rings (SSSR count). The summed E-state index contributed by atoms with van der Waals surface area (Å²) < 4.78 is 2.83. The number of aryl methyl sites for hydroxylation is 1. The highest BCUT2D eigenvalue weighted by Crippen LogP contribution is 2.32. The lowest BCUT2D eigenvalue weighted by atomic mass is 10.1. The molecule has 3 aromatic rings. The van der Waals surface area contributed by atoms with Crippen LogP contribution in [0.2, 0.25) is 10.0 Å². The summed E-state index contributed by atoms with van der Waals surface area (Å²) in [5.41, 5.74) is 2.82. The van der Waals surface area contributed by atoms with Crippen LogP contribution in [-0.4, -0.2) is 15.0 Å². The standard InChI is InChI=1S/C16H12BrCl2N3S/c1-22-16(10-2-7-13(18)14(19)8-10)15(20-21-22)9-23-12-5-3-11(17)4-6-12/h2-8H,9H2,1H3. The Kier molecular flexibility index (Phi) is 5.31. The lowest BCUT2D eigenvalue weighted by Gasteiger charge is -2.06. The van der Waals surface area contributed by atoms with Crippen molar-refractivity contribution >= 4 is 50.9 Å². The fourth-order valence-corrected chi connectivity index (χ4v) is 3.57. The third kappa shape index (κ3) is 3.91. The van der Waals surface area contributed by atoms with Gasteiger partial charge in [0.2, 0.25) is 0 Å². The van der Waals surface area contributed by atoms with Crippen molar-refractivity contribution in [1.29, 1.82) is 0 Å². The first-order chi connectivity index (χ1) is 11.0. The molecule has 0 aliphatic carbocycles. The third-order valence-electron chi connectivity index (χ3n) is 3.28. The van der Waals surface area contributed by atoms with Gasteiger partial charge < -0.3 is 0 Å². The number of nitrogens with zero attached hydrogens (tertiary/aromatic N) is 3. The van der Waals surface area contributed by atoms with E-state index < -0.39 is 0 Å². The number of benzene rings is 2. The highest BCUT2D eigenvalue weighted by Gasteiger charge is 2.14. The molecule has 0 aliphatic heterocycles. The van der Waals surface area contributed by atoms with Crippen LogP contribution in [0.4, 0.5) is 0 Å². The van der Waals surface area contributed by atoms with Crippen molar-refractivity contribution in [2.45, 2.75) is 10.6 Å². The van der Waals surface area contributed by atoms with Crippen LogP contribution in [0.3, 0.4) is 0 Å². The predicted molar refractivity (Wildman–Crippen MR) is 100 cm³/mol. The molecule has 1 aromatic heterocycles. The maximum absolute atomic E-state index is 6.13. The van der Waals surface area contributed by atoms with Crippen molar-refractivity contribution in [2.75, 3.05) is 0 Å². The van der Waals surface area contributed by atoms with Gasteiger partial charge in [-0.3, -0.25) is 0 Å². The molecule has 0 spiro atoms. The van der Waals surface area contributed by atoms with Gasteiger partial charge in [0.1, 0.15) is 5.69 Å². The Balaban J connectivity index is 1.86. The van der Waals surface area contributed by atoms with Crippen molar-refractivity contribution < 1.29 is 0 Å². The van der Waals surface area contributed by atoms with Gasteiger partial charge >= 0.3 is 0 Å². The minimum atomic E-state index is 0.525. The first-order valence-electron chi connectivity index (χ1n) is 6.77. The fourth-order valence-electron chi connectivity index (χ4n) is 2.18. The van der Waals surface area contributed by atoms with Crippen molar-refractivity contribution in [1.82, 2.24) is 15.0 Å². The molecule has 0 amide bonds. The molecule has 0 N–H and O–H groups in total. The van der Waals surface area contributed by atoms with Gasteiger partial charge in [0.25, 0.3) is 0 Å². The fraction of sp³-hybridized carbons (Fsp3) is 0.125. The Hall–Kier alpha value is -1.01. The van der Waals surface area contributed by atoms with E-state index in [-0.39, 0.29) is 0 Å². The lowest BCUT2D eigenvalue weighted by Crippen LogP contribution is -1.95. The molecule has 0 saturated heterocycles. The van der Waals surface area contributed by atoms with E-state index >= 15 is 0 Å². The van der Waals surface area contributed by atoms with Crippen molar-refractivity contribution in [3.05, 3.63) is 62.7 Å². The minimum Gasteiger partial charge on any atom is -0.247 e.